The summed E-state index contributed by atoms with van der Waals surface area (Å²) >= 11 is 0. The molecule has 1 rings (SSSR count). The Bertz CT molecular complexity index is 453. The number of ether oxygens (including phenoxy) is 1. The zero-order valence-electron chi connectivity index (χ0n) is 11.9. The second-order valence-electron chi connectivity index (χ2n) is 5.19. The van der Waals surface area contributed by atoms with Gasteiger partial charge in [-0.3, -0.25) is 9.59 Å². The Morgan fingerprint density at radius 3 is 2.53 bits per heavy atom. The highest BCUT2D eigenvalue weighted by Crippen LogP contribution is 2.26. The summed E-state index contributed by atoms with van der Waals surface area (Å²) in [5.41, 5.74) is 1.06. The molecule has 0 aliphatic carbocycles. The fraction of sp³-hybridized carbons (Fsp3) is 0.467. The van der Waals surface area contributed by atoms with Crippen molar-refractivity contribution in [2.45, 2.75) is 40.2 Å². The molecular weight excluding hydrogens is 242 g/mol. The van der Waals surface area contributed by atoms with Crippen LogP contribution in [0.2, 0.25) is 0 Å². The van der Waals surface area contributed by atoms with Crippen molar-refractivity contribution >= 4 is 17.9 Å². The minimum absolute atomic E-state index is 0.00262. The summed E-state index contributed by atoms with van der Waals surface area (Å²) in [7, 11) is 0. The monoisotopic (exact) mass is 263 g/mol. The van der Waals surface area contributed by atoms with Crippen LogP contribution in [0.15, 0.2) is 18.2 Å². The minimum Gasteiger partial charge on any atom is -0.489 e. The molecule has 0 aliphatic rings. The predicted molar refractivity (Wildman–Crippen MR) is 75.7 cm³/mol. The van der Waals surface area contributed by atoms with Crippen molar-refractivity contribution < 1.29 is 14.3 Å². The van der Waals surface area contributed by atoms with Crippen molar-refractivity contribution in [2.75, 3.05) is 5.32 Å². The van der Waals surface area contributed by atoms with Crippen LogP contribution in [0, 0.1) is 5.92 Å². The third-order valence-corrected chi connectivity index (χ3v) is 2.37. The molecule has 1 N–H and O–H groups in total. The van der Waals surface area contributed by atoms with Gasteiger partial charge < -0.3 is 10.1 Å². The molecule has 104 valence electrons. The first-order valence-corrected chi connectivity index (χ1v) is 6.48. The van der Waals surface area contributed by atoms with E-state index in [0.717, 1.165) is 6.29 Å². The number of anilines is 1. The van der Waals surface area contributed by atoms with Gasteiger partial charge in [0, 0.05) is 12.0 Å². The Kier molecular flexibility index (Phi) is 5.55. The highest BCUT2D eigenvalue weighted by atomic mass is 16.5. The lowest BCUT2D eigenvalue weighted by Gasteiger charge is -2.15. The predicted octanol–water partition coefficient (Wildman–Crippen LogP) is 3.27. The summed E-state index contributed by atoms with van der Waals surface area (Å²) in [4.78, 5) is 22.6. The number of amides is 1. The molecule has 4 heteroatoms. The number of rotatable bonds is 6. The van der Waals surface area contributed by atoms with E-state index in [1.165, 1.54) is 0 Å². The Morgan fingerprint density at radius 2 is 2.00 bits per heavy atom. The van der Waals surface area contributed by atoms with Gasteiger partial charge in [-0.15, -0.1) is 0 Å². The molecule has 0 heterocycles. The molecule has 0 radical (unpaired) electrons. The van der Waals surface area contributed by atoms with Crippen LogP contribution in [0.25, 0.3) is 0 Å². The van der Waals surface area contributed by atoms with Gasteiger partial charge in [-0.1, -0.05) is 13.8 Å². The normalized spacial score (nSPS) is 10.6. The van der Waals surface area contributed by atoms with E-state index in [0.29, 0.717) is 23.4 Å². The second-order valence-corrected chi connectivity index (χ2v) is 5.19. The maximum Gasteiger partial charge on any atom is 0.224 e. The quantitative estimate of drug-likeness (QED) is 0.801. The van der Waals surface area contributed by atoms with Gasteiger partial charge in [0.25, 0.3) is 0 Å². The molecule has 0 bridgehead atoms. The average Bonchev–Trinajstić information content (AvgIpc) is 2.29. The number of hydrogen-bond donors (Lipinski definition) is 1. The Hall–Kier alpha value is -1.84. The number of benzene rings is 1. The van der Waals surface area contributed by atoms with Crippen LogP contribution < -0.4 is 10.1 Å². The van der Waals surface area contributed by atoms with E-state index in [2.05, 4.69) is 5.32 Å². The maximum absolute atomic E-state index is 11.8. The lowest BCUT2D eigenvalue weighted by atomic mass is 10.1. The van der Waals surface area contributed by atoms with Crippen LogP contribution in [-0.4, -0.2) is 18.3 Å². The van der Waals surface area contributed by atoms with Gasteiger partial charge in [-0.25, -0.2) is 0 Å². The third-order valence-electron chi connectivity index (χ3n) is 2.37. The summed E-state index contributed by atoms with van der Waals surface area (Å²) < 4.78 is 5.62. The Balaban J connectivity index is 2.93. The van der Waals surface area contributed by atoms with Crippen LogP contribution >= 0.6 is 0 Å². The van der Waals surface area contributed by atoms with Crippen molar-refractivity contribution in [3.8, 4) is 5.75 Å². The maximum atomic E-state index is 11.8. The second kappa shape index (κ2) is 6.92. The molecule has 0 atom stereocenters. The first-order valence-electron chi connectivity index (χ1n) is 6.48. The van der Waals surface area contributed by atoms with E-state index in [1.54, 1.807) is 18.2 Å². The first kappa shape index (κ1) is 15.2. The molecule has 0 unspecified atom stereocenters. The van der Waals surface area contributed by atoms with E-state index in [4.69, 9.17) is 4.74 Å². The number of carbonyl (C=O) groups excluding carboxylic acids is 2. The summed E-state index contributed by atoms with van der Waals surface area (Å²) in [6.45, 7) is 7.78. The fourth-order valence-corrected chi connectivity index (χ4v) is 1.65. The molecule has 0 saturated heterocycles. The topological polar surface area (TPSA) is 55.4 Å². The third kappa shape index (κ3) is 5.12. The summed E-state index contributed by atoms with van der Waals surface area (Å²) in [5.74, 6) is 0.785. The zero-order chi connectivity index (χ0) is 14.4. The highest BCUT2D eigenvalue weighted by Gasteiger charge is 2.11. The van der Waals surface area contributed by atoms with Crippen LogP contribution in [0.5, 0.6) is 5.75 Å². The van der Waals surface area contributed by atoms with Crippen LogP contribution in [0.1, 0.15) is 44.5 Å². The molecule has 19 heavy (non-hydrogen) atoms. The van der Waals surface area contributed by atoms with Gasteiger partial charge >= 0.3 is 0 Å². The summed E-state index contributed by atoms with van der Waals surface area (Å²) in [6.07, 6.45) is 1.19. The molecule has 0 fully saturated rings. The van der Waals surface area contributed by atoms with Crippen molar-refractivity contribution in [2.24, 2.45) is 5.92 Å². The average molecular weight is 263 g/mol. The van der Waals surface area contributed by atoms with Crippen LogP contribution in [-0.2, 0) is 4.79 Å². The number of hydrogen-bond acceptors (Lipinski definition) is 3. The number of aldehydes is 1. The van der Waals surface area contributed by atoms with Gasteiger partial charge in [0.15, 0.2) is 0 Å². The lowest BCUT2D eigenvalue weighted by molar-refractivity contribution is -0.116. The molecular formula is C15H21NO3. The first-order chi connectivity index (χ1) is 8.92. The molecule has 4 nitrogen and oxygen atoms in total. The Morgan fingerprint density at radius 1 is 1.32 bits per heavy atom. The number of nitrogens with one attached hydrogen (secondary N) is 1. The zero-order valence-corrected chi connectivity index (χ0v) is 11.9. The van der Waals surface area contributed by atoms with Gasteiger partial charge in [0.2, 0.25) is 5.91 Å². The van der Waals surface area contributed by atoms with Crippen molar-refractivity contribution in [1.82, 2.24) is 0 Å². The van der Waals surface area contributed by atoms with Crippen LogP contribution in [0.4, 0.5) is 5.69 Å². The Labute approximate surface area is 114 Å². The van der Waals surface area contributed by atoms with E-state index < -0.39 is 0 Å². The van der Waals surface area contributed by atoms with Crippen molar-refractivity contribution in [1.29, 1.82) is 0 Å². The van der Waals surface area contributed by atoms with E-state index in [-0.39, 0.29) is 17.9 Å². The molecule has 0 aromatic heterocycles. The lowest BCUT2D eigenvalue weighted by Crippen LogP contribution is -2.16. The van der Waals surface area contributed by atoms with Gasteiger partial charge in [-0.2, -0.15) is 0 Å². The SMILES string of the molecule is CC(C)CC(=O)Nc1cc(C=O)ccc1OC(C)C. The summed E-state index contributed by atoms with van der Waals surface area (Å²) in [6, 6.07) is 5.00. The van der Waals surface area contributed by atoms with Gasteiger partial charge in [0.05, 0.1) is 11.8 Å². The smallest absolute Gasteiger partial charge is 0.224 e. The highest BCUT2D eigenvalue weighted by molar-refractivity contribution is 5.93. The fourth-order valence-electron chi connectivity index (χ4n) is 1.65. The standard InChI is InChI=1S/C15H21NO3/c1-10(2)7-15(18)16-13-8-12(9-17)5-6-14(13)19-11(3)4/h5-6,8-11H,7H2,1-4H3,(H,16,18). The number of carbonyl (C=O) groups is 2. The van der Waals surface area contributed by atoms with Crippen LogP contribution in [0.3, 0.4) is 0 Å². The largest absolute Gasteiger partial charge is 0.489 e. The molecule has 1 aromatic carbocycles. The molecule has 1 aromatic rings. The van der Waals surface area contributed by atoms with Gasteiger partial charge in [-0.05, 0) is 38.0 Å². The molecule has 0 saturated carbocycles. The van der Waals surface area contributed by atoms with E-state index in [1.807, 2.05) is 27.7 Å². The molecule has 0 aliphatic heterocycles. The van der Waals surface area contributed by atoms with E-state index >= 15 is 0 Å². The minimum atomic E-state index is -0.0772. The van der Waals surface area contributed by atoms with Crippen molar-refractivity contribution in [3.63, 3.8) is 0 Å². The van der Waals surface area contributed by atoms with E-state index in [9.17, 15) is 9.59 Å². The van der Waals surface area contributed by atoms with Gasteiger partial charge in [0.1, 0.15) is 12.0 Å². The molecule has 0 spiro atoms. The molecule has 1 amide bonds. The summed E-state index contributed by atoms with van der Waals surface area (Å²) in [5, 5.41) is 2.80. The van der Waals surface area contributed by atoms with Crippen molar-refractivity contribution in [3.05, 3.63) is 23.8 Å².